The van der Waals surface area contributed by atoms with E-state index in [0.29, 0.717) is 12.1 Å². The van der Waals surface area contributed by atoms with Crippen LogP contribution in [0.2, 0.25) is 0 Å². The molecule has 0 spiro atoms. The summed E-state index contributed by atoms with van der Waals surface area (Å²) in [5.74, 6) is 4.87. The first-order chi connectivity index (χ1) is 8.82. The Bertz CT molecular complexity index is 377. The van der Waals surface area contributed by atoms with Gasteiger partial charge in [-0.2, -0.15) is 0 Å². The standard InChI is InChI=1S/C14H29N3OS/c1-12-6-7-16(13(2)10-12)19(5,18)17-9-8-15(4)11-14(17)3/h12-14H,5-11H2,1-4H3/t12?,13-,14-,19?/m0/s1. The molecule has 0 aromatic carbocycles. The minimum absolute atomic E-state index is 0.315. The molecule has 2 aliphatic heterocycles. The molecule has 2 unspecified atom stereocenters. The minimum Gasteiger partial charge on any atom is -0.303 e. The lowest BCUT2D eigenvalue weighted by Crippen LogP contribution is -2.58. The number of hydrogen-bond acceptors (Lipinski definition) is 2. The van der Waals surface area contributed by atoms with Crippen LogP contribution in [0.5, 0.6) is 0 Å². The number of hydrogen-bond donors (Lipinski definition) is 0. The molecule has 0 amide bonds. The molecule has 0 aromatic rings. The van der Waals surface area contributed by atoms with E-state index in [1.165, 1.54) is 0 Å². The van der Waals surface area contributed by atoms with Gasteiger partial charge in [0.25, 0.3) is 0 Å². The fourth-order valence-electron chi connectivity index (χ4n) is 3.49. The van der Waals surface area contributed by atoms with Crippen LogP contribution in [-0.2, 0) is 9.89 Å². The van der Waals surface area contributed by atoms with E-state index >= 15 is 0 Å². The Hall–Kier alpha value is -0.100. The third-order valence-electron chi connectivity index (χ3n) is 4.58. The summed E-state index contributed by atoms with van der Waals surface area (Å²) in [6.45, 7) is 10.4. The van der Waals surface area contributed by atoms with Crippen molar-refractivity contribution in [2.24, 2.45) is 5.92 Å². The zero-order valence-corrected chi connectivity index (χ0v) is 13.7. The molecule has 2 fully saturated rings. The van der Waals surface area contributed by atoms with Gasteiger partial charge >= 0.3 is 0 Å². The van der Waals surface area contributed by atoms with Crippen molar-refractivity contribution in [2.75, 3.05) is 33.2 Å². The van der Waals surface area contributed by atoms with E-state index in [0.717, 1.165) is 44.9 Å². The Balaban J connectivity index is 2.13. The SMILES string of the molecule is C=S(=O)(N1CCC(C)C[C@@H]1C)N1CCN(C)C[C@@H]1C. The second-order valence-electron chi connectivity index (χ2n) is 6.48. The van der Waals surface area contributed by atoms with Gasteiger partial charge < -0.3 is 4.90 Å². The van der Waals surface area contributed by atoms with E-state index in [4.69, 9.17) is 0 Å². The lowest BCUT2D eigenvalue weighted by atomic mass is 9.95. The molecule has 0 aliphatic carbocycles. The summed E-state index contributed by atoms with van der Waals surface area (Å²) in [5, 5.41) is 0. The van der Waals surface area contributed by atoms with Crippen molar-refractivity contribution in [1.82, 2.24) is 13.5 Å². The maximum atomic E-state index is 13.3. The predicted octanol–water partition coefficient (Wildman–Crippen LogP) is 1.29. The Morgan fingerprint density at radius 1 is 1.05 bits per heavy atom. The monoisotopic (exact) mass is 287 g/mol. The zero-order valence-electron chi connectivity index (χ0n) is 12.8. The maximum Gasteiger partial charge on any atom is 0.0908 e. The summed E-state index contributed by atoms with van der Waals surface area (Å²) in [6, 6.07) is 0.691. The van der Waals surface area contributed by atoms with Crippen LogP contribution in [0.1, 0.15) is 33.6 Å². The van der Waals surface area contributed by atoms with Gasteiger partial charge in [0.2, 0.25) is 0 Å². The summed E-state index contributed by atoms with van der Waals surface area (Å²) in [5.41, 5.74) is 0. The van der Waals surface area contributed by atoms with Crippen molar-refractivity contribution in [1.29, 1.82) is 0 Å². The van der Waals surface area contributed by atoms with Crippen LogP contribution < -0.4 is 0 Å². The number of nitrogens with zero attached hydrogens (tertiary/aromatic N) is 3. The van der Waals surface area contributed by atoms with Crippen molar-refractivity contribution in [3.8, 4) is 0 Å². The van der Waals surface area contributed by atoms with Crippen LogP contribution in [0.15, 0.2) is 0 Å². The first-order valence-electron chi connectivity index (χ1n) is 7.41. The van der Waals surface area contributed by atoms with Crippen LogP contribution in [0.3, 0.4) is 0 Å². The molecule has 5 heteroatoms. The quantitative estimate of drug-likeness (QED) is 0.716. The predicted molar refractivity (Wildman–Crippen MR) is 83.5 cm³/mol. The van der Waals surface area contributed by atoms with Gasteiger partial charge in [-0.15, -0.1) is 0 Å². The lowest BCUT2D eigenvalue weighted by Gasteiger charge is -2.46. The van der Waals surface area contributed by atoms with Gasteiger partial charge in [-0.1, -0.05) is 6.92 Å². The third kappa shape index (κ3) is 3.15. The maximum absolute atomic E-state index is 13.3. The van der Waals surface area contributed by atoms with E-state index in [1.807, 2.05) is 0 Å². The van der Waals surface area contributed by atoms with Gasteiger partial charge in [-0.3, -0.25) is 0 Å². The molecule has 2 heterocycles. The van der Waals surface area contributed by atoms with Gasteiger partial charge in [-0.25, -0.2) is 12.8 Å². The minimum atomic E-state index is -2.29. The molecule has 4 atom stereocenters. The Kier molecular flexibility index (Phi) is 4.60. The van der Waals surface area contributed by atoms with Crippen LogP contribution in [0, 0.1) is 5.92 Å². The Morgan fingerprint density at radius 3 is 2.26 bits per heavy atom. The van der Waals surface area contributed by atoms with Gasteiger partial charge in [0, 0.05) is 38.3 Å². The van der Waals surface area contributed by atoms with Crippen molar-refractivity contribution in [2.45, 2.75) is 45.7 Å². The summed E-state index contributed by atoms with van der Waals surface area (Å²) in [6.07, 6.45) is 2.27. The molecule has 2 rings (SSSR count). The highest BCUT2D eigenvalue weighted by Crippen LogP contribution is 2.27. The first-order valence-corrected chi connectivity index (χ1v) is 9.06. The van der Waals surface area contributed by atoms with Crippen LogP contribution in [-0.4, -0.2) is 68.9 Å². The fourth-order valence-corrected chi connectivity index (χ4v) is 5.80. The first kappa shape index (κ1) is 15.3. The largest absolute Gasteiger partial charge is 0.303 e. The molecule has 0 radical (unpaired) electrons. The summed E-state index contributed by atoms with van der Waals surface area (Å²) in [7, 11) is -0.161. The molecule has 0 N–H and O–H groups in total. The molecule has 19 heavy (non-hydrogen) atoms. The van der Waals surface area contributed by atoms with Gasteiger partial charge in [0.15, 0.2) is 0 Å². The van der Waals surface area contributed by atoms with Crippen molar-refractivity contribution in [3.05, 3.63) is 0 Å². The number of piperazine rings is 1. The normalized spacial score (nSPS) is 39.1. The molecule has 112 valence electrons. The lowest BCUT2D eigenvalue weighted by molar-refractivity contribution is 0.156. The van der Waals surface area contributed by atoms with Crippen LogP contribution in [0.25, 0.3) is 0 Å². The topological polar surface area (TPSA) is 26.8 Å². The second kappa shape index (κ2) is 5.72. The van der Waals surface area contributed by atoms with Gasteiger partial charge in [0.05, 0.1) is 9.89 Å². The Labute approximate surface area is 119 Å². The molecule has 0 aromatic heterocycles. The van der Waals surface area contributed by atoms with E-state index in [1.54, 1.807) is 0 Å². The molecular weight excluding hydrogens is 258 g/mol. The molecule has 0 saturated carbocycles. The van der Waals surface area contributed by atoms with Crippen molar-refractivity contribution >= 4 is 15.8 Å². The average Bonchev–Trinajstić information content (AvgIpc) is 2.27. The third-order valence-corrected chi connectivity index (χ3v) is 7.13. The molecule has 2 saturated heterocycles. The van der Waals surface area contributed by atoms with E-state index in [9.17, 15) is 4.21 Å². The fraction of sp³-hybridized carbons (Fsp3) is 0.929. The van der Waals surface area contributed by atoms with Crippen LogP contribution in [0.4, 0.5) is 0 Å². The van der Waals surface area contributed by atoms with Gasteiger partial charge in [0.1, 0.15) is 0 Å². The summed E-state index contributed by atoms with van der Waals surface area (Å²) < 4.78 is 17.6. The molecule has 0 bridgehead atoms. The number of piperidine rings is 1. The second-order valence-corrected chi connectivity index (χ2v) is 8.63. The van der Waals surface area contributed by atoms with E-state index < -0.39 is 9.89 Å². The number of likely N-dealkylation sites (N-methyl/N-ethyl adjacent to an activating group) is 1. The van der Waals surface area contributed by atoms with E-state index in [-0.39, 0.29) is 0 Å². The van der Waals surface area contributed by atoms with Crippen LogP contribution >= 0.6 is 0 Å². The Morgan fingerprint density at radius 2 is 1.68 bits per heavy atom. The highest BCUT2D eigenvalue weighted by atomic mass is 32.2. The van der Waals surface area contributed by atoms with Crippen molar-refractivity contribution in [3.63, 3.8) is 0 Å². The smallest absolute Gasteiger partial charge is 0.0908 e. The van der Waals surface area contributed by atoms with E-state index in [2.05, 4.69) is 47.2 Å². The van der Waals surface area contributed by atoms with Gasteiger partial charge in [-0.05, 0) is 45.5 Å². The summed E-state index contributed by atoms with van der Waals surface area (Å²) in [4.78, 5) is 2.30. The molecule has 4 nitrogen and oxygen atoms in total. The molecular formula is C14H29N3OS. The zero-order chi connectivity index (χ0) is 14.2. The van der Waals surface area contributed by atoms with Crippen molar-refractivity contribution < 1.29 is 4.21 Å². The summed E-state index contributed by atoms with van der Waals surface area (Å²) >= 11 is 0. The molecule has 2 aliphatic rings. The highest BCUT2D eigenvalue weighted by Gasteiger charge is 2.35. The number of rotatable bonds is 2. The average molecular weight is 287 g/mol. The highest BCUT2D eigenvalue weighted by molar-refractivity contribution is 7.96.